The van der Waals surface area contributed by atoms with Crippen LogP contribution in [0.5, 0.6) is 0 Å². The Morgan fingerprint density at radius 3 is 2.60 bits per heavy atom. The summed E-state index contributed by atoms with van der Waals surface area (Å²) in [4.78, 5) is 17.1. The van der Waals surface area contributed by atoms with Crippen molar-refractivity contribution < 1.29 is 0 Å². The predicted octanol–water partition coefficient (Wildman–Crippen LogP) is 2.00. The molecule has 2 aromatic rings. The van der Waals surface area contributed by atoms with Gasteiger partial charge in [0.1, 0.15) is 5.82 Å². The zero-order chi connectivity index (χ0) is 17.5. The number of aryl methyl sites for hydroxylation is 1. The second-order valence-electron chi connectivity index (χ2n) is 6.38. The Morgan fingerprint density at radius 1 is 1.16 bits per heavy atom. The van der Waals surface area contributed by atoms with Gasteiger partial charge < -0.3 is 10.7 Å². The van der Waals surface area contributed by atoms with Gasteiger partial charge in [-0.1, -0.05) is 29.8 Å². The highest BCUT2D eigenvalue weighted by molar-refractivity contribution is 5.70. The maximum atomic E-state index is 5.28. The Morgan fingerprint density at radius 2 is 1.88 bits per heavy atom. The summed E-state index contributed by atoms with van der Waals surface area (Å²) in [6.45, 7) is 7.89. The number of nitrogens with one attached hydrogen (secondary N) is 1. The number of allylic oxidation sites excluding steroid dienone is 1. The number of hydrogen-bond donors (Lipinski definition) is 2. The van der Waals surface area contributed by atoms with Gasteiger partial charge in [0.2, 0.25) is 0 Å². The Labute approximate surface area is 149 Å². The lowest BCUT2D eigenvalue weighted by atomic mass is 10.1. The number of aromatic nitrogens is 2. The van der Waals surface area contributed by atoms with Crippen LogP contribution in [0, 0.1) is 6.92 Å². The van der Waals surface area contributed by atoms with Crippen LogP contribution in [0.4, 0.5) is 0 Å². The van der Waals surface area contributed by atoms with Crippen molar-refractivity contribution in [1.82, 2.24) is 19.8 Å². The highest BCUT2D eigenvalue weighted by Gasteiger charge is 2.17. The first kappa shape index (κ1) is 17.4. The van der Waals surface area contributed by atoms with Crippen LogP contribution < -0.4 is 5.73 Å². The summed E-state index contributed by atoms with van der Waals surface area (Å²) < 4.78 is 0. The lowest BCUT2D eigenvalue weighted by Gasteiger charge is -2.33. The van der Waals surface area contributed by atoms with Gasteiger partial charge in [-0.3, -0.25) is 14.8 Å². The summed E-state index contributed by atoms with van der Waals surface area (Å²) in [5, 5.41) is 0. The highest BCUT2D eigenvalue weighted by Crippen LogP contribution is 2.17. The van der Waals surface area contributed by atoms with Crippen LogP contribution in [-0.4, -0.2) is 58.8 Å². The molecule has 1 aromatic heterocycles. The lowest BCUT2D eigenvalue weighted by Crippen LogP contribution is -2.45. The van der Waals surface area contributed by atoms with E-state index in [9.17, 15) is 0 Å². The van der Waals surface area contributed by atoms with Gasteiger partial charge in [-0.15, -0.1) is 0 Å². The molecule has 3 N–H and O–H groups in total. The molecule has 0 aliphatic carbocycles. The standard InChI is InChI=1S/C19H26N6/c1-16-3-5-17(6-4-16)19-22-13-18(23-19)14-24-9-11-25(12-10-24)15-21-8-2-7-20/h2-8,13H,9-12,14-15,20H2,1H3,(H,22,23)/b7-2-,21-8-. The van der Waals surface area contributed by atoms with Crippen LogP contribution in [0.3, 0.4) is 0 Å². The number of rotatable bonds is 6. The molecule has 25 heavy (non-hydrogen) atoms. The van der Waals surface area contributed by atoms with Crippen molar-refractivity contribution in [3.05, 3.63) is 54.0 Å². The molecule has 0 amide bonds. The summed E-state index contributed by atoms with van der Waals surface area (Å²) in [5.74, 6) is 0.941. The maximum Gasteiger partial charge on any atom is 0.137 e. The molecule has 0 atom stereocenters. The minimum absolute atomic E-state index is 0.736. The molecule has 1 aliphatic heterocycles. The molecule has 0 spiro atoms. The van der Waals surface area contributed by atoms with Gasteiger partial charge in [0.15, 0.2) is 0 Å². The third-order valence-corrected chi connectivity index (χ3v) is 4.40. The number of aromatic amines is 1. The van der Waals surface area contributed by atoms with Crippen molar-refractivity contribution in [3.63, 3.8) is 0 Å². The van der Waals surface area contributed by atoms with Gasteiger partial charge in [0.05, 0.1) is 6.67 Å². The van der Waals surface area contributed by atoms with E-state index in [2.05, 4.69) is 55.9 Å². The van der Waals surface area contributed by atoms with E-state index < -0.39 is 0 Å². The van der Waals surface area contributed by atoms with Crippen LogP contribution in [-0.2, 0) is 6.54 Å². The molecule has 0 unspecified atom stereocenters. The molecule has 1 saturated heterocycles. The fourth-order valence-electron chi connectivity index (χ4n) is 2.90. The Kier molecular flexibility index (Phi) is 5.98. The molecule has 1 aromatic carbocycles. The third kappa shape index (κ3) is 5.01. The third-order valence-electron chi connectivity index (χ3n) is 4.40. The molecule has 0 bridgehead atoms. The molecule has 0 radical (unpaired) electrons. The monoisotopic (exact) mass is 338 g/mol. The SMILES string of the molecule is Cc1ccc(-c2ncc(CN3CCN(C/N=C\C=C/N)CC3)[nH]2)cc1. The first-order valence-electron chi connectivity index (χ1n) is 8.67. The summed E-state index contributed by atoms with van der Waals surface area (Å²) in [6.07, 6.45) is 6.95. The van der Waals surface area contributed by atoms with Crippen LogP contribution in [0.2, 0.25) is 0 Å². The number of imidazole rings is 1. The maximum absolute atomic E-state index is 5.28. The molecule has 1 fully saturated rings. The smallest absolute Gasteiger partial charge is 0.137 e. The van der Waals surface area contributed by atoms with Crippen molar-refractivity contribution >= 4 is 6.21 Å². The van der Waals surface area contributed by atoms with E-state index >= 15 is 0 Å². The Bertz CT molecular complexity index is 708. The predicted molar refractivity (Wildman–Crippen MR) is 102 cm³/mol. The van der Waals surface area contributed by atoms with Crippen LogP contribution in [0.15, 0.2) is 47.7 Å². The summed E-state index contributed by atoms with van der Waals surface area (Å²) in [6, 6.07) is 8.44. The van der Waals surface area contributed by atoms with Gasteiger partial charge >= 0.3 is 0 Å². The number of H-pyrrole nitrogens is 1. The Hall–Kier alpha value is -2.44. The van der Waals surface area contributed by atoms with Gasteiger partial charge in [0.25, 0.3) is 0 Å². The molecular formula is C19H26N6. The van der Waals surface area contributed by atoms with E-state index in [1.165, 1.54) is 11.8 Å². The van der Waals surface area contributed by atoms with Crippen molar-refractivity contribution in [2.45, 2.75) is 13.5 Å². The first-order valence-corrected chi connectivity index (χ1v) is 8.67. The normalized spacial score (nSPS) is 17.0. The summed E-state index contributed by atoms with van der Waals surface area (Å²) in [7, 11) is 0. The van der Waals surface area contributed by atoms with Crippen LogP contribution in [0.25, 0.3) is 11.4 Å². The van der Waals surface area contributed by atoms with E-state index in [1.807, 2.05) is 6.20 Å². The molecule has 0 saturated carbocycles. The van der Waals surface area contributed by atoms with E-state index in [0.29, 0.717) is 0 Å². The van der Waals surface area contributed by atoms with Crippen LogP contribution in [0.1, 0.15) is 11.3 Å². The molecule has 132 valence electrons. The topological polar surface area (TPSA) is 73.5 Å². The quantitative estimate of drug-likeness (QED) is 0.790. The second kappa shape index (κ2) is 8.60. The average Bonchev–Trinajstić information content (AvgIpc) is 3.09. The minimum Gasteiger partial charge on any atom is -0.405 e. The van der Waals surface area contributed by atoms with Crippen molar-refractivity contribution in [2.24, 2.45) is 10.7 Å². The number of hydrogen-bond acceptors (Lipinski definition) is 5. The Balaban J connectivity index is 1.49. The van der Waals surface area contributed by atoms with E-state index in [1.54, 1.807) is 12.3 Å². The van der Waals surface area contributed by atoms with Gasteiger partial charge in [0, 0.05) is 56.4 Å². The first-order chi connectivity index (χ1) is 12.2. The summed E-state index contributed by atoms with van der Waals surface area (Å²) in [5.41, 5.74) is 8.84. The average molecular weight is 338 g/mol. The number of nitrogens with zero attached hydrogens (tertiary/aromatic N) is 4. The lowest BCUT2D eigenvalue weighted by molar-refractivity contribution is 0.129. The van der Waals surface area contributed by atoms with Gasteiger partial charge in [-0.25, -0.2) is 4.98 Å². The molecule has 1 aliphatic rings. The minimum atomic E-state index is 0.736. The van der Waals surface area contributed by atoms with Crippen molar-refractivity contribution in [2.75, 3.05) is 32.8 Å². The molecular weight excluding hydrogens is 312 g/mol. The fraction of sp³-hybridized carbons (Fsp3) is 0.368. The molecule has 6 nitrogen and oxygen atoms in total. The molecule has 3 rings (SSSR count). The van der Waals surface area contributed by atoms with Crippen LogP contribution >= 0.6 is 0 Å². The van der Waals surface area contributed by atoms with Crippen molar-refractivity contribution in [3.8, 4) is 11.4 Å². The number of nitrogens with two attached hydrogens (primary N) is 1. The zero-order valence-corrected chi connectivity index (χ0v) is 14.7. The molecule has 2 heterocycles. The van der Waals surface area contributed by atoms with E-state index in [4.69, 9.17) is 5.73 Å². The van der Waals surface area contributed by atoms with E-state index in [0.717, 1.165) is 56.5 Å². The number of piperazine rings is 1. The van der Waals surface area contributed by atoms with Gasteiger partial charge in [-0.05, 0) is 19.2 Å². The van der Waals surface area contributed by atoms with Gasteiger partial charge in [-0.2, -0.15) is 0 Å². The zero-order valence-electron chi connectivity index (χ0n) is 14.7. The van der Waals surface area contributed by atoms with E-state index in [-0.39, 0.29) is 0 Å². The largest absolute Gasteiger partial charge is 0.405 e. The fourth-order valence-corrected chi connectivity index (χ4v) is 2.90. The van der Waals surface area contributed by atoms with Crippen molar-refractivity contribution in [1.29, 1.82) is 0 Å². The molecule has 6 heteroatoms. The highest BCUT2D eigenvalue weighted by atomic mass is 15.3. The number of aliphatic imine (C=N–C) groups is 1. The summed E-state index contributed by atoms with van der Waals surface area (Å²) >= 11 is 0. The second-order valence-corrected chi connectivity index (χ2v) is 6.38. The number of benzene rings is 1.